The van der Waals surface area contributed by atoms with E-state index in [2.05, 4.69) is 22.5 Å². The number of nitrogens with one attached hydrogen (secondary N) is 2. The summed E-state index contributed by atoms with van der Waals surface area (Å²) in [5.74, 6) is 0.0534. The van der Waals surface area contributed by atoms with Crippen molar-refractivity contribution in [1.29, 1.82) is 0 Å². The summed E-state index contributed by atoms with van der Waals surface area (Å²) in [6.45, 7) is 8.92. The molecule has 1 heterocycles. The fraction of sp³-hybridized carbons (Fsp3) is 0.636. The Hall–Kier alpha value is -2.08. The zero-order chi connectivity index (χ0) is 20.5. The maximum Gasteiger partial charge on any atom is 0.255 e. The van der Waals surface area contributed by atoms with Crippen molar-refractivity contribution in [2.24, 2.45) is 5.92 Å². The van der Waals surface area contributed by atoms with E-state index in [0.717, 1.165) is 19.5 Å². The lowest BCUT2D eigenvalue weighted by Crippen LogP contribution is -2.50. The number of nitrogens with zero attached hydrogens (tertiary/aromatic N) is 1. The van der Waals surface area contributed by atoms with E-state index in [0.29, 0.717) is 23.9 Å². The maximum atomic E-state index is 12.7. The van der Waals surface area contributed by atoms with Gasteiger partial charge in [0.2, 0.25) is 5.91 Å². The highest BCUT2D eigenvalue weighted by atomic mass is 16.5. The highest BCUT2D eigenvalue weighted by molar-refractivity contribution is 5.99. The summed E-state index contributed by atoms with van der Waals surface area (Å²) in [5.41, 5.74) is 0.433. The number of likely N-dealkylation sites (tertiary alicyclic amines) is 1. The number of rotatable bonds is 9. The Morgan fingerprint density at radius 3 is 2.68 bits per heavy atom. The second kappa shape index (κ2) is 11.1. The minimum Gasteiger partial charge on any atom is -0.496 e. The van der Waals surface area contributed by atoms with Crippen LogP contribution in [0.2, 0.25) is 0 Å². The van der Waals surface area contributed by atoms with Crippen LogP contribution < -0.4 is 15.4 Å². The van der Waals surface area contributed by atoms with E-state index in [1.54, 1.807) is 18.2 Å². The largest absolute Gasteiger partial charge is 0.496 e. The number of benzene rings is 1. The second-order valence-corrected chi connectivity index (χ2v) is 7.92. The van der Waals surface area contributed by atoms with Crippen LogP contribution in [0.25, 0.3) is 0 Å². The second-order valence-electron chi connectivity index (χ2n) is 7.92. The van der Waals surface area contributed by atoms with Gasteiger partial charge in [-0.1, -0.05) is 32.4 Å². The first-order valence-corrected chi connectivity index (χ1v) is 10.4. The molecule has 0 radical (unpaired) electrons. The molecule has 0 saturated carbocycles. The molecule has 1 aromatic carbocycles. The minimum absolute atomic E-state index is 0.0132. The van der Waals surface area contributed by atoms with Crippen molar-refractivity contribution in [3.05, 3.63) is 29.8 Å². The van der Waals surface area contributed by atoms with Crippen molar-refractivity contribution >= 4 is 11.8 Å². The van der Waals surface area contributed by atoms with Crippen molar-refractivity contribution in [3.8, 4) is 5.75 Å². The summed E-state index contributed by atoms with van der Waals surface area (Å²) < 4.78 is 5.25. The van der Waals surface area contributed by atoms with Gasteiger partial charge in [0.1, 0.15) is 11.8 Å². The van der Waals surface area contributed by atoms with Crippen LogP contribution in [0.4, 0.5) is 0 Å². The van der Waals surface area contributed by atoms with E-state index < -0.39 is 6.04 Å². The average Bonchev–Trinajstić information content (AvgIpc) is 2.69. The number of para-hydroxylation sites is 1. The average molecular weight is 390 g/mol. The lowest BCUT2D eigenvalue weighted by molar-refractivity contribution is -0.123. The predicted molar refractivity (Wildman–Crippen MR) is 112 cm³/mol. The Morgan fingerprint density at radius 1 is 1.25 bits per heavy atom. The number of methoxy groups -OCH3 is 1. The third kappa shape index (κ3) is 6.23. The fourth-order valence-corrected chi connectivity index (χ4v) is 3.68. The van der Waals surface area contributed by atoms with Crippen LogP contribution in [0.15, 0.2) is 24.3 Å². The van der Waals surface area contributed by atoms with Crippen LogP contribution in [0, 0.1) is 5.92 Å². The van der Waals surface area contributed by atoms with Gasteiger partial charge in [-0.05, 0) is 50.8 Å². The summed E-state index contributed by atoms with van der Waals surface area (Å²) in [6, 6.07) is 7.08. The van der Waals surface area contributed by atoms with E-state index in [-0.39, 0.29) is 17.7 Å². The van der Waals surface area contributed by atoms with Gasteiger partial charge in [0.05, 0.1) is 12.7 Å². The van der Waals surface area contributed by atoms with Crippen LogP contribution in [0.1, 0.15) is 56.8 Å². The van der Waals surface area contributed by atoms with Gasteiger partial charge in [-0.2, -0.15) is 0 Å². The van der Waals surface area contributed by atoms with Gasteiger partial charge >= 0.3 is 0 Å². The molecule has 1 aromatic rings. The summed E-state index contributed by atoms with van der Waals surface area (Å²) in [5, 5.41) is 5.86. The number of amides is 2. The zero-order valence-corrected chi connectivity index (χ0v) is 17.7. The number of carbonyl (C=O) groups excluding carboxylic acids is 2. The molecule has 0 aliphatic carbocycles. The van der Waals surface area contributed by atoms with Crippen molar-refractivity contribution in [1.82, 2.24) is 15.5 Å². The van der Waals surface area contributed by atoms with Crippen LogP contribution in [0.5, 0.6) is 5.75 Å². The predicted octanol–water partition coefficient (Wildman–Crippen LogP) is 2.83. The standard InChI is InChI=1S/C22H35N3O3/c1-16(2)20(24-21(26)18-11-5-6-12-19(18)28-4)22(27)23-13-9-15-25-14-8-7-10-17(25)3/h5-6,11-12,16-17,20H,7-10,13-15H2,1-4H3,(H,23,27)(H,24,26)/t17-,20-/m0/s1. The maximum absolute atomic E-state index is 12.7. The van der Waals surface area contributed by atoms with Crippen LogP contribution in [0.3, 0.4) is 0 Å². The van der Waals surface area contributed by atoms with Crippen LogP contribution in [-0.2, 0) is 4.79 Å². The molecule has 1 fully saturated rings. The number of hydrogen-bond acceptors (Lipinski definition) is 4. The van der Waals surface area contributed by atoms with Crippen molar-refractivity contribution in [2.75, 3.05) is 26.7 Å². The third-order valence-corrected chi connectivity index (χ3v) is 5.45. The lowest BCUT2D eigenvalue weighted by atomic mass is 10.0. The molecular weight excluding hydrogens is 354 g/mol. The monoisotopic (exact) mass is 389 g/mol. The molecule has 1 aliphatic rings. The van der Waals surface area contributed by atoms with E-state index in [1.807, 2.05) is 19.9 Å². The van der Waals surface area contributed by atoms with Crippen molar-refractivity contribution in [2.45, 2.75) is 58.5 Å². The molecule has 156 valence electrons. The van der Waals surface area contributed by atoms with E-state index in [1.165, 1.54) is 26.4 Å². The molecule has 0 spiro atoms. The zero-order valence-electron chi connectivity index (χ0n) is 17.7. The van der Waals surface area contributed by atoms with Crippen molar-refractivity contribution < 1.29 is 14.3 Å². The van der Waals surface area contributed by atoms with Gasteiger partial charge in [0.15, 0.2) is 0 Å². The highest BCUT2D eigenvalue weighted by Gasteiger charge is 2.25. The molecule has 1 saturated heterocycles. The molecule has 6 nitrogen and oxygen atoms in total. The molecule has 2 amide bonds. The smallest absolute Gasteiger partial charge is 0.255 e. The molecule has 28 heavy (non-hydrogen) atoms. The van der Waals surface area contributed by atoms with E-state index >= 15 is 0 Å². The molecule has 2 rings (SSSR count). The molecule has 2 N–H and O–H groups in total. The SMILES string of the molecule is COc1ccccc1C(=O)N[C@H](C(=O)NCCCN1CCCC[C@@H]1C)C(C)C. The highest BCUT2D eigenvalue weighted by Crippen LogP contribution is 2.18. The Bertz CT molecular complexity index is 648. The Balaban J connectivity index is 1.85. The summed E-state index contributed by atoms with van der Waals surface area (Å²) >= 11 is 0. The summed E-state index contributed by atoms with van der Waals surface area (Å²) in [6.07, 6.45) is 4.76. The van der Waals surface area contributed by atoms with Gasteiger partial charge in [-0.25, -0.2) is 0 Å². The fourth-order valence-electron chi connectivity index (χ4n) is 3.68. The first kappa shape index (κ1) is 22.2. The molecule has 1 aliphatic heterocycles. The van der Waals surface area contributed by atoms with Crippen molar-refractivity contribution in [3.63, 3.8) is 0 Å². The number of piperidine rings is 1. The number of carbonyl (C=O) groups is 2. The third-order valence-electron chi connectivity index (χ3n) is 5.45. The first-order chi connectivity index (χ1) is 13.4. The molecule has 0 bridgehead atoms. The lowest BCUT2D eigenvalue weighted by Gasteiger charge is -2.33. The van der Waals surface area contributed by atoms with Gasteiger partial charge in [-0.3, -0.25) is 9.59 Å². The minimum atomic E-state index is -0.577. The van der Waals surface area contributed by atoms with Gasteiger partial charge in [0.25, 0.3) is 5.91 Å². The summed E-state index contributed by atoms with van der Waals surface area (Å²) in [7, 11) is 1.53. The topological polar surface area (TPSA) is 70.7 Å². The Morgan fingerprint density at radius 2 is 2.00 bits per heavy atom. The Labute approximate surface area is 169 Å². The van der Waals surface area contributed by atoms with E-state index in [9.17, 15) is 9.59 Å². The number of ether oxygens (including phenoxy) is 1. The Kier molecular flexibility index (Phi) is 8.77. The van der Waals surface area contributed by atoms with Crippen LogP contribution >= 0.6 is 0 Å². The van der Waals surface area contributed by atoms with Crippen LogP contribution in [-0.4, -0.2) is 55.5 Å². The quantitative estimate of drug-likeness (QED) is 0.637. The molecule has 0 aromatic heterocycles. The molecular formula is C22H35N3O3. The normalized spacial score (nSPS) is 18.5. The molecule has 6 heteroatoms. The number of hydrogen-bond donors (Lipinski definition) is 2. The van der Waals surface area contributed by atoms with E-state index in [4.69, 9.17) is 4.74 Å². The first-order valence-electron chi connectivity index (χ1n) is 10.4. The van der Waals surface area contributed by atoms with Gasteiger partial charge < -0.3 is 20.3 Å². The molecule has 0 unspecified atom stereocenters. The van der Waals surface area contributed by atoms with Gasteiger partial charge in [0, 0.05) is 19.1 Å². The van der Waals surface area contributed by atoms with Gasteiger partial charge in [-0.15, -0.1) is 0 Å². The molecule has 2 atom stereocenters. The summed E-state index contributed by atoms with van der Waals surface area (Å²) in [4.78, 5) is 27.8.